The van der Waals surface area contributed by atoms with E-state index in [4.69, 9.17) is 5.73 Å². The highest BCUT2D eigenvalue weighted by atomic mass is 19.1. The van der Waals surface area contributed by atoms with E-state index >= 15 is 0 Å². The van der Waals surface area contributed by atoms with Gasteiger partial charge in [0.15, 0.2) is 5.82 Å². The maximum absolute atomic E-state index is 14.1. The van der Waals surface area contributed by atoms with Crippen LogP contribution in [0.3, 0.4) is 0 Å². The Morgan fingerprint density at radius 2 is 2.24 bits per heavy atom. The molecule has 6 heteroatoms. The molecule has 0 aliphatic carbocycles. The highest BCUT2D eigenvalue weighted by Gasteiger charge is 2.11. The number of fused-ring (bicyclic) bond motifs is 1. The number of rotatable bonds is 5. The third-order valence-corrected chi connectivity index (χ3v) is 3.33. The molecule has 0 spiro atoms. The fourth-order valence-electron chi connectivity index (χ4n) is 2.30. The van der Waals surface area contributed by atoms with Crippen molar-refractivity contribution in [2.24, 2.45) is 0 Å². The van der Waals surface area contributed by atoms with Gasteiger partial charge in [-0.3, -0.25) is 4.98 Å². The van der Waals surface area contributed by atoms with Crippen LogP contribution in [0.15, 0.2) is 43.1 Å². The molecule has 0 saturated carbocycles. The number of pyridine rings is 1. The standard InChI is InChI=1S/C15H16FN5/c16-12-9-13(17)11-3-1-4-19-14(11)15(12)20-5-2-7-21-8-6-18-10-21/h1,3-4,6,8-10,20H,2,5,7,17H2. The number of nitrogens with two attached hydrogens (primary N) is 1. The summed E-state index contributed by atoms with van der Waals surface area (Å²) < 4.78 is 16.1. The fraction of sp³-hybridized carbons (Fsp3) is 0.200. The number of hydrogen-bond acceptors (Lipinski definition) is 4. The first-order valence-corrected chi connectivity index (χ1v) is 6.78. The van der Waals surface area contributed by atoms with Gasteiger partial charge in [-0.05, 0) is 24.6 Å². The van der Waals surface area contributed by atoms with Crippen molar-refractivity contribution < 1.29 is 4.39 Å². The largest absolute Gasteiger partial charge is 0.398 e. The Morgan fingerprint density at radius 3 is 3.05 bits per heavy atom. The Morgan fingerprint density at radius 1 is 1.33 bits per heavy atom. The van der Waals surface area contributed by atoms with E-state index < -0.39 is 0 Å². The van der Waals surface area contributed by atoms with E-state index in [1.807, 2.05) is 16.8 Å². The molecule has 2 heterocycles. The van der Waals surface area contributed by atoms with Crippen molar-refractivity contribution in [1.29, 1.82) is 0 Å². The second kappa shape index (κ2) is 5.78. The zero-order valence-electron chi connectivity index (χ0n) is 11.5. The van der Waals surface area contributed by atoms with Crippen LogP contribution < -0.4 is 11.1 Å². The highest BCUT2D eigenvalue weighted by molar-refractivity contribution is 5.98. The molecule has 3 aromatic rings. The summed E-state index contributed by atoms with van der Waals surface area (Å²) in [7, 11) is 0. The first-order valence-electron chi connectivity index (χ1n) is 6.78. The minimum absolute atomic E-state index is 0.374. The lowest BCUT2D eigenvalue weighted by atomic mass is 10.1. The van der Waals surface area contributed by atoms with Crippen LogP contribution in [0.25, 0.3) is 10.9 Å². The van der Waals surface area contributed by atoms with Crippen molar-refractivity contribution in [3.8, 4) is 0 Å². The van der Waals surface area contributed by atoms with Crippen molar-refractivity contribution in [2.75, 3.05) is 17.6 Å². The summed E-state index contributed by atoms with van der Waals surface area (Å²) in [5.74, 6) is -0.374. The maximum Gasteiger partial charge on any atom is 0.150 e. The minimum Gasteiger partial charge on any atom is -0.398 e. The van der Waals surface area contributed by atoms with Gasteiger partial charge in [0.05, 0.1) is 17.5 Å². The number of benzene rings is 1. The van der Waals surface area contributed by atoms with Gasteiger partial charge >= 0.3 is 0 Å². The number of halogens is 1. The van der Waals surface area contributed by atoms with Gasteiger partial charge < -0.3 is 15.6 Å². The zero-order valence-corrected chi connectivity index (χ0v) is 11.5. The van der Waals surface area contributed by atoms with Gasteiger partial charge in [0.2, 0.25) is 0 Å². The summed E-state index contributed by atoms with van der Waals surface area (Å²) in [5.41, 5.74) is 7.20. The third-order valence-electron chi connectivity index (χ3n) is 3.33. The van der Waals surface area contributed by atoms with Crippen molar-refractivity contribution in [2.45, 2.75) is 13.0 Å². The van der Waals surface area contributed by atoms with Crippen LogP contribution in [0.1, 0.15) is 6.42 Å². The molecular formula is C15H16FN5. The Hall–Kier alpha value is -2.63. The van der Waals surface area contributed by atoms with Crippen molar-refractivity contribution >= 4 is 22.3 Å². The van der Waals surface area contributed by atoms with E-state index in [1.165, 1.54) is 6.07 Å². The van der Waals surface area contributed by atoms with Crippen LogP contribution in [0, 0.1) is 5.82 Å². The molecule has 0 fully saturated rings. The molecule has 5 nitrogen and oxygen atoms in total. The van der Waals surface area contributed by atoms with Gasteiger partial charge in [-0.15, -0.1) is 0 Å². The summed E-state index contributed by atoms with van der Waals surface area (Å²) in [6, 6.07) is 4.97. The second-order valence-electron chi connectivity index (χ2n) is 4.80. The average molecular weight is 285 g/mol. The number of aromatic nitrogens is 3. The number of nitrogen functional groups attached to an aromatic ring is 1. The van der Waals surface area contributed by atoms with Crippen LogP contribution >= 0.6 is 0 Å². The second-order valence-corrected chi connectivity index (χ2v) is 4.80. The van der Waals surface area contributed by atoms with Gasteiger partial charge in [-0.2, -0.15) is 0 Å². The molecule has 108 valence electrons. The first-order chi connectivity index (χ1) is 10.3. The number of anilines is 2. The molecule has 0 amide bonds. The number of nitrogens with zero attached hydrogens (tertiary/aromatic N) is 3. The molecule has 0 radical (unpaired) electrons. The Kier molecular flexibility index (Phi) is 3.68. The lowest BCUT2D eigenvalue weighted by Gasteiger charge is -2.12. The van der Waals surface area contributed by atoms with Crippen LogP contribution in [-0.2, 0) is 6.54 Å². The predicted octanol–water partition coefficient (Wildman–Crippen LogP) is 2.65. The highest BCUT2D eigenvalue weighted by Crippen LogP contribution is 2.29. The van der Waals surface area contributed by atoms with Crippen molar-refractivity contribution in [3.05, 3.63) is 48.9 Å². The quantitative estimate of drug-likeness (QED) is 0.558. The fourth-order valence-corrected chi connectivity index (χ4v) is 2.30. The smallest absolute Gasteiger partial charge is 0.150 e. The van der Waals surface area contributed by atoms with Gasteiger partial charge in [0, 0.05) is 42.8 Å². The van der Waals surface area contributed by atoms with Crippen LogP contribution in [0.4, 0.5) is 15.8 Å². The minimum atomic E-state index is -0.374. The maximum atomic E-state index is 14.1. The van der Waals surface area contributed by atoms with Gasteiger partial charge in [-0.1, -0.05) is 0 Å². The molecule has 2 aromatic heterocycles. The SMILES string of the molecule is Nc1cc(F)c(NCCCn2ccnc2)c2ncccc12. The molecule has 0 aliphatic heterocycles. The number of aryl methyl sites for hydroxylation is 1. The van der Waals surface area contributed by atoms with Crippen molar-refractivity contribution in [1.82, 2.24) is 14.5 Å². The molecule has 1 aromatic carbocycles. The van der Waals surface area contributed by atoms with E-state index in [-0.39, 0.29) is 5.82 Å². The lowest BCUT2D eigenvalue weighted by molar-refractivity contribution is 0.627. The number of nitrogens with one attached hydrogen (secondary N) is 1. The Bertz CT molecular complexity index is 739. The Balaban J connectivity index is 1.74. The molecule has 0 bridgehead atoms. The number of hydrogen-bond donors (Lipinski definition) is 2. The summed E-state index contributed by atoms with van der Waals surface area (Å²) >= 11 is 0. The van der Waals surface area contributed by atoms with Crippen LogP contribution in [-0.4, -0.2) is 21.1 Å². The van der Waals surface area contributed by atoms with E-state index in [1.54, 1.807) is 24.8 Å². The van der Waals surface area contributed by atoms with Crippen molar-refractivity contribution in [3.63, 3.8) is 0 Å². The molecule has 0 atom stereocenters. The topological polar surface area (TPSA) is 68.8 Å². The normalized spacial score (nSPS) is 10.9. The molecular weight excluding hydrogens is 269 g/mol. The molecule has 0 aliphatic rings. The predicted molar refractivity (Wildman–Crippen MR) is 81.4 cm³/mol. The molecule has 0 unspecified atom stereocenters. The first kappa shape index (κ1) is 13.4. The van der Waals surface area contributed by atoms with Gasteiger partial charge in [0.1, 0.15) is 0 Å². The molecule has 3 rings (SSSR count). The molecule has 3 N–H and O–H groups in total. The van der Waals surface area contributed by atoms with Gasteiger partial charge in [-0.25, -0.2) is 9.37 Å². The molecule has 21 heavy (non-hydrogen) atoms. The summed E-state index contributed by atoms with van der Waals surface area (Å²) in [6.45, 7) is 1.47. The average Bonchev–Trinajstić information content (AvgIpc) is 2.99. The summed E-state index contributed by atoms with van der Waals surface area (Å²) in [5, 5.41) is 3.88. The Labute approximate surface area is 121 Å². The third kappa shape index (κ3) is 2.79. The summed E-state index contributed by atoms with van der Waals surface area (Å²) in [4.78, 5) is 8.22. The van der Waals surface area contributed by atoms with E-state index in [0.29, 0.717) is 23.4 Å². The molecule has 0 saturated heterocycles. The van der Waals surface area contributed by atoms with E-state index in [2.05, 4.69) is 15.3 Å². The van der Waals surface area contributed by atoms with E-state index in [0.717, 1.165) is 18.4 Å². The monoisotopic (exact) mass is 285 g/mol. The van der Waals surface area contributed by atoms with E-state index in [9.17, 15) is 4.39 Å². The van der Waals surface area contributed by atoms with Crippen LogP contribution in [0.2, 0.25) is 0 Å². The number of imidazole rings is 1. The zero-order chi connectivity index (χ0) is 14.7. The summed E-state index contributed by atoms with van der Waals surface area (Å²) in [6.07, 6.45) is 7.90. The van der Waals surface area contributed by atoms with Crippen LogP contribution in [0.5, 0.6) is 0 Å². The lowest BCUT2D eigenvalue weighted by Crippen LogP contribution is -2.08. The van der Waals surface area contributed by atoms with Gasteiger partial charge in [0.25, 0.3) is 0 Å².